The van der Waals surface area contributed by atoms with Crippen molar-refractivity contribution in [3.8, 4) is 0 Å². The molecule has 2 N–H and O–H groups in total. The fourth-order valence-corrected chi connectivity index (χ4v) is 4.23. The standard InChI is InChI=1S/C21H18Cl2N4O2S/c22-13-1-3-16-18(11-13)24-6-5-19(16)26-7-9-27(10-8-26)21(30)25-14-2-4-15(20(28)29)17(23)12-14/h1-6,11-12H,7-10H2,(H,25,30)(H,28,29). The van der Waals surface area contributed by atoms with Crippen LogP contribution in [0.5, 0.6) is 0 Å². The Morgan fingerprint density at radius 3 is 2.53 bits per heavy atom. The second-order valence-corrected chi connectivity index (χ2v) is 8.13. The summed E-state index contributed by atoms with van der Waals surface area (Å²) in [5.41, 5.74) is 2.73. The number of carboxylic acids is 1. The van der Waals surface area contributed by atoms with Gasteiger partial charge in [0, 0.05) is 54.2 Å². The van der Waals surface area contributed by atoms with E-state index in [-0.39, 0.29) is 10.6 Å². The van der Waals surface area contributed by atoms with Gasteiger partial charge in [0.2, 0.25) is 0 Å². The van der Waals surface area contributed by atoms with Crippen molar-refractivity contribution in [2.24, 2.45) is 0 Å². The molecule has 0 amide bonds. The molecule has 0 spiro atoms. The van der Waals surface area contributed by atoms with Gasteiger partial charge in [-0.15, -0.1) is 0 Å². The Kier molecular flexibility index (Phi) is 5.94. The molecule has 1 aromatic heterocycles. The number of carboxylic acid groups (broad SMARTS) is 1. The molecule has 154 valence electrons. The zero-order valence-electron chi connectivity index (χ0n) is 15.8. The molecule has 1 aliphatic heterocycles. The number of fused-ring (bicyclic) bond motifs is 1. The minimum absolute atomic E-state index is 0.0626. The first kappa shape index (κ1) is 20.7. The number of hydrogen-bond acceptors (Lipinski definition) is 4. The predicted molar refractivity (Wildman–Crippen MR) is 125 cm³/mol. The molecule has 0 saturated carbocycles. The van der Waals surface area contributed by atoms with E-state index in [0.29, 0.717) is 15.8 Å². The highest BCUT2D eigenvalue weighted by atomic mass is 35.5. The largest absolute Gasteiger partial charge is 0.478 e. The molecule has 4 rings (SSSR count). The Hall–Kier alpha value is -2.61. The van der Waals surface area contributed by atoms with Crippen LogP contribution in [0, 0.1) is 0 Å². The first-order valence-electron chi connectivity index (χ1n) is 9.30. The SMILES string of the molecule is O=C(O)c1ccc(NC(=S)N2CCN(c3ccnc4cc(Cl)ccc34)CC2)cc1Cl. The van der Waals surface area contributed by atoms with Crippen LogP contribution < -0.4 is 10.2 Å². The minimum Gasteiger partial charge on any atom is -0.478 e. The Bertz CT molecular complexity index is 1130. The van der Waals surface area contributed by atoms with Gasteiger partial charge in [-0.2, -0.15) is 0 Å². The summed E-state index contributed by atoms with van der Waals surface area (Å²) in [6, 6.07) is 12.5. The van der Waals surface area contributed by atoms with Gasteiger partial charge in [-0.25, -0.2) is 4.79 Å². The normalized spacial score (nSPS) is 14.1. The molecular formula is C21H18Cl2N4O2S. The number of pyridine rings is 1. The monoisotopic (exact) mass is 460 g/mol. The van der Waals surface area contributed by atoms with Crippen LogP contribution in [0.3, 0.4) is 0 Å². The average Bonchev–Trinajstić information content (AvgIpc) is 2.73. The molecule has 2 aromatic carbocycles. The second kappa shape index (κ2) is 8.63. The summed E-state index contributed by atoms with van der Waals surface area (Å²) in [6.07, 6.45) is 1.80. The van der Waals surface area contributed by atoms with Gasteiger partial charge in [-0.3, -0.25) is 4.98 Å². The molecule has 1 aliphatic rings. The molecule has 0 bridgehead atoms. The van der Waals surface area contributed by atoms with Crippen LogP contribution in [0.4, 0.5) is 11.4 Å². The summed E-state index contributed by atoms with van der Waals surface area (Å²) in [7, 11) is 0. The van der Waals surface area contributed by atoms with Crippen LogP contribution in [0.25, 0.3) is 10.9 Å². The summed E-state index contributed by atoms with van der Waals surface area (Å²) in [5.74, 6) is -1.06. The van der Waals surface area contributed by atoms with Crippen molar-refractivity contribution in [2.75, 3.05) is 36.4 Å². The highest BCUT2D eigenvalue weighted by Crippen LogP contribution is 2.28. The van der Waals surface area contributed by atoms with E-state index in [9.17, 15) is 4.79 Å². The third-order valence-electron chi connectivity index (χ3n) is 5.04. The van der Waals surface area contributed by atoms with Crippen molar-refractivity contribution < 1.29 is 9.90 Å². The fourth-order valence-electron chi connectivity index (χ4n) is 3.50. The van der Waals surface area contributed by atoms with Gasteiger partial charge in [0.1, 0.15) is 0 Å². The third-order valence-corrected chi connectivity index (χ3v) is 5.95. The molecule has 0 unspecified atom stereocenters. The van der Waals surface area contributed by atoms with E-state index >= 15 is 0 Å². The lowest BCUT2D eigenvalue weighted by atomic mass is 10.1. The van der Waals surface area contributed by atoms with Gasteiger partial charge in [-0.1, -0.05) is 23.2 Å². The number of thiocarbonyl (C=S) groups is 1. The van der Waals surface area contributed by atoms with Crippen LogP contribution in [0.1, 0.15) is 10.4 Å². The molecule has 1 saturated heterocycles. The number of halogens is 2. The Balaban J connectivity index is 1.42. The zero-order chi connectivity index (χ0) is 21.3. The Labute approximate surface area is 189 Å². The van der Waals surface area contributed by atoms with E-state index in [1.807, 2.05) is 24.3 Å². The van der Waals surface area contributed by atoms with E-state index in [2.05, 4.69) is 20.1 Å². The number of benzene rings is 2. The number of piperazine rings is 1. The summed E-state index contributed by atoms with van der Waals surface area (Å²) in [4.78, 5) is 19.9. The number of anilines is 2. The van der Waals surface area contributed by atoms with Crippen molar-refractivity contribution in [3.63, 3.8) is 0 Å². The van der Waals surface area contributed by atoms with E-state index in [1.54, 1.807) is 18.3 Å². The smallest absolute Gasteiger partial charge is 0.337 e. The van der Waals surface area contributed by atoms with Gasteiger partial charge < -0.3 is 20.2 Å². The molecule has 2 heterocycles. The van der Waals surface area contributed by atoms with Gasteiger partial charge in [0.15, 0.2) is 5.11 Å². The predicted octanol–water partition coefficient (Wildman–Crippen LogP) is 4.76. The van der Waals surface area contributed by atoms with Gasteiger partial charge in [-0.05, 0) is 54.7 Å². The molecule has 9 heteroatoms. The van der Waals surface area contributed by atoms with E-state index < -0.39 is 5.97 Å². The molecule has 3 aromatic rings. The van der Waals surface area contributed by atoms with Crippen LogP contribution in [0.15, 0.2) is 48.7 Å². The molecule has 30 heavy (non-hydrogen) atoms. The number of rotatable bonds is 3. The van der Waals surface area contributed by atoms with Crippen LogP contribution in [0.2, 0.25) is 10.0 Å². The van der Waals surface area contributed by atoms with E-state index in [1.165, 1.54) is 6.07 Å². The Morgan fingerprint density at radius 1 is 1.07 bits per heavy atom. The average molecular weight is 461 g/mol. The molecule has 0 atom stereocenters. The van der Waals surface area contributed by atoms with Crippen LogP contribution in [-0.4, -0.2) is 52.3 Å². The number of aromatic nitrogens is 1. The molecule has 1 fully saturated rings. The van der Waals surface area contributed by atoms with Crippen LogP contribution >= 0.6 is 35.4 Å². The van der Waals surface area contributed by atoms with E-state index in [4.69, 9.17) is 40.5 Å². The number of nitrogens with zero attached hydrogens (tertiary/aromatic N) is 3. The van der Waals surface area contributed by atoms with Crippen molar-refractivity contribution in [2.45, 2.75) is 0 Å². The third kappa shape index (κ3) is 4.28. The van der Waals surface area contributed by atoms with Gasteiger partial charge >= 0.3 is 5.97 Å². The summed E-state index contributed by atoms with van der Waals surface area (Å²) in [6.45, 7) is 3.12. The molecule has 0 aliphatic carbocycles. The number of hydrogen-bond donors (Lipinski definition) is 2. The van der Waals surface area contributed by atoms with Crippen molar-refractivity contribution in [1.29, 1.82) is 0 Å². The fraction of sp³-hybridized carbons (Fsp3) is 0.190. The van der Waals surface area contributed by atoms with Gasteiger partial charge in [0.05, 0.1) is 16.1 Å². The summed E-state index contributed by atoms with van der Waals surface area (Å²) >= 11 is 17.7. The maximum Gasteiger partial charge on any atom is 0.337 e. The lowest BCUT2D eigenvalue weighted by molar-refractivity contribution is 0.0697. The van der Waals surface area contributed by atoms with Gasteiger partial charge in [0.25, 0.3) is 0 Å². The first-order valence-corrected chi connectivity index (χ1v) is 10.5. The second-order valence-electron chi connectivity index (χ2n) is 6.90. The minimum atomic E-state index is -1.06. The maximum absolute atomic E-state index is 11.1. The topological polar surface area (TPSA) is 68.7 Å². The number of nitrogens with one attached hydrogen (secondary N) is 1. The zero-order valence-corrected chi connectivity index (χ0v) is 18.1. The summed E-state index contributed by atoms with van der Waals surface area (Å²) in [5, 5.41) is 14.7. The number of aromatic carboxylic acids is 1. The molecular weight excluding hydrogens is 443 g/mol. The number of carbonyl (C=O) groups is 1. The maximum atomic E-state index is 11.1. The van der Waals surface area contributed by atoms with E-state index in [0.717, 1.165) is 42.8 Å². The lowest BCUT2D eigenvalue weighted by Gasteiger charge is -2.37. The molecule has 0 radical (unpaired) electrons. The van der Waals surface area contributed by atoms with Crippen molar-refractivity contribution in [1.82, 2.24) is 9.88 Å². The highest BCUT2D eigenvalue weighted by Gasteiger charge is 2.21. The first-order chi connectivity index (χ1) is 14.4. The van der Waals surface area contributed by atoms with Crippen molar-refractivity contribution in [3.05, 3.63) is 64.3 Å². The van der Waals surface area contributed by atoms with Crippen molar-refractivity contribution >= 4 is 68.8 Å². The quantitative estimate of drug-likeness (QED) is 0.546. The lowest BCUT2D eigenvalue weighted by Crippen LogP contribution is -2.50. The summed E-state index contributed by atoms with van der Waals surface area (Å²) < 4.78 is 0. The molecule has 6 nitrogen and oxygen atoms in total. The highest BCUT2D eigenvalue weighted by molar-refractivity contribution is 7.80. The van der Waals surface area contributed by atoms with Crippen LogP contribution in [-0.2, 0) is 0 Å². The Morgan fingerprint density at radius 2 is 1.83 bits per heavy atom.